The van der Waals surface area contributed by atoms with Crippen molar-refractivity contribution < 1.29 is 14.3 Å². The zero-order valence-electron chi connectivity index (χ0n) is 7.77. The maximum atomic E-state index is 11.0. The second-order valence-corrected chi connectivity index (χ2v) is 2.61. The van der Waals surface area contributed by atoms with Crippen molar-refractivity contribution in [1.29, 1.82) is 0 Å². The number of aldehydes is 1. The van der Waals surface area contributed by atoms with Crippen molar-refractivity contribution in [1.82, 2.24) is 0 Å². The first-order valence-electron chi connectivity index (χ1n) is 4.08. The number of rotatable bonds is 3. The van der Waals surface area contributed by atoms with E-state index < -0.39 is 0 Å². The van der Waals surface area contributed by atoms with Gasteiger partial charge in [0.2, 0.25) is 0 Å². The number of hydrogen-bond acceptors (Lipinski definition) is 3. The van der Waals surface area contributed by atoms with E-state index in [1.165, 1.54) is 13.2 Å². The standard InChI is InChI=1S/C11H10O3/c1-14-11(13)10-6-4-9(5-7-10)3-2-8-12/h2-8H,1H3/b3-2+. The van der Waals surface area contributed by atoms with E-state index in [1.54, 1.807) is 30.3 Å². The summed E-state index contributed by atoms with van der Waals surface area (Å²) in [5, 5.41) is 0. The number of hydrogen-bond donors (Lipinski definition) is 0. The van der Waals surface area contributed by atoms with Gasteiger partial charge in [0.1, 0.15) is 6.29 Å². The summed E-state index contributed by atoms with van der Waals surface area (Å²) in [4.78, 5) is 21.1. The van der Waals surface area contributed by atoms with Gasteiger partial charge in [-0.1, -0.05) is 18.2 Å². The molecule has 0 aliphatic carbocycles. The monoisotopic (exact) mass is 190 g/mol. The molecule has 14 heavy (non-hydrogen) atoms. The summed E-state index contributed by atoms with van der Waals surface area (Å²) in [6.07, 6.45) is 3.76. The summed E-state index contributed by atoms with van der Waals surface area (Å²) in [5.74, 6) is -0.365. The molecule has 0 atom stereocenters. The first-order chi connectivity index (χ1) is 6.77. The van der Waals surface area contributed by atoms with Crippen LogP contribution in [-0.4, -0.2) is 19.4 Å². The number of benzene rings is 1. The maximum Gasteiger partial charge on any atom is 0.337 e. The lowest BCUT2D eigenvalue weighted by molar-refractivity contribution is -0.104. The highest BCUT2D eigenvalue weighted by Crippen LogP contribution is 2.06. The highest BCUT2D eigenvalue weighted by atomic mass is 16.5. The molecular formula is C11H10O3. The number of carbonyl (C=O) groups excluding carboxylic acids is 2. The zero-order valence-corrected chi connectivity index (χ0v) is 7.77. The SMILES string of the molecule is COC(=O)c1ccc(/C=C/C=O)cc1. The van der Waals surface area contributed by atoms with E-state index in [0.717, 1.165) is 5.56 Å². The first kappa shape index (κ1) is 10.2. The minimum atomic E-state index is -0.365. The highest BCUT2D eigenvalue weighted by Gasteiger charge is 2.02. The fourth-order valence-corrected chi connectivity index (χ4v) is 0.999. The quantitative estimate of drug-likeness (QED) is 0.414. The molecule has 0 aliphatic heterocycles. The second-order valence-electron chi connectivity index (χ2n) is 2.61. The Kier molecular flexibility index (Phi) is 3.61. The van der Waals surface area contributed by atoms with Gasteiger partial charge >= 0.3 is 5.97 Å². The van der Waals surface area contributed by atoms with Crippen LogP contribution in [-0.2, 0) is 9.53 Å². The van der Waals surface area contributed by atoms with Gasteiger partial charge in [0.05, 0.1) is 12.7 Å². The van der Waals surface area contributed by atoms with Crippen LogP contribution in [0.1, 0.15) is 15.9 Å². The van der Waals surface area contributed by atoms with Gasteiger partial charge < -0.3 is 4.74 Å². The lowest BCUT2D eigenvalue weighted by Gasteiger charge is -1.98. The zero-order chi connectivity index (χ0) is 10.4. The van der Waals surface area contributed by atoms with E-state index in [-0.39, 0.29) is 5.97 Å². The summed E-state index contributed by atoms with van der Waals surface area (Å²) in [5.41, 5.74) is 1.36. The van der Waals surface area contributed by atoms with Crippen molar-refractivity contribution in [2.75, 3.05) is 7.11 Å². The Bertz CT molecular complexity index is 349. The van der Waals surface area contributed by atoms with Gasteiger partial charge in [-0.15, -0.1) is 0 Å². The molecule has 0 aliphatic rings. The van der Waals surface area contributed by atoms with Crippen LogP contribution < -0.4 is 0 Å². The number of carbonyl (C=O) groups is 2. The van der Waals surface area contributed by atoms with Crippen LogP contribution >= 0.6 is 0 Å². The van der Waals surface area contributed by atoms with Crippen LogP contribution in [0.3, 0.4) is 0 Å². The predicted octanol–water partition coefficient (Wildman–Crippen LogP) is 1.69. The van der Waals surface area contributed by atoms with Gasteiger partial charge in [-0.25, -0.2) is 4.79 Å². The minimum Gasteiger partial charge on any atom is -0.465 e. The van der Waals surface area contributed by atoms with Gasteiger partial charge in [0.15, 0.2) is 0 Å². The Morgan fingerprint density at radius 1 is 1.29 bits per heavy atom. The molecule has 0 saturated heterocycles. The van der Waals surface area contributed by atoms with Crippen molar-refractivity contribution in [2.24, 2.45) is 0 Å². The second kappa shape index (κ2) is 4.97. The van der Waals surface area contributed by atoms with Gasteiger partial charge in [-0.2, -0.15) is 0 Å². The van der Waals surface area contributed by atoms with Crippen molar-refractivity contribution in [3.05, 3.63) is 41.5 Å². The Morgan fingerprint density at radius 2 is 1.93 bits per heavy atom. The largest absolute Gasteiger partial charge is 0.465 e. The van der Waals surface area contributed by atoms with Gasteiger partial charge in [0.25, 0.3) is 0 Å². The summed E-state index contributed by atoms with van der Waals surface area (Å²) in [6.45, 7) is 0. The number of methoxy groups -OCH3 is 1. The molecule has 0 unspecified atom stereocenters. The van der Waals surface area contributed by atoms with Crippen molar-refractivity contribution in [3.8, 4) is 0 Å². The number of esters is 1. The third kappa shape index (κ3) is 2.55. The molecule has 0 N–H and O–H groups in total. The van der Waals surface area contributed by atoms with Crippen LogP contribution in [0.15, 0.2) is 30.3 Å². The summed E-state index contributed by atoms with van der Waals surface area (Å²) in [6, 6.07) is 6.78. The van der Waals surface area contributed by atoms with E-state index >= 15 is 0 Å². The molecule has 1 aromatic carbocycles. The van der Waals surface area contributed by atoms with E-state index in [0.29, 0.717) is 11.8 Å². The maximum absolute atomic E-state index is 11.0. The molecule has 0 saturated carbocycles. The topological polar surface area (TPSA) is 43.4 Å². The van der Waals surface area contributed by atoms with Crippen molar-refractivity contribution >= 4 is 18.3 Å². The highest BCUT2D eigenvalue weighted by molar-refractivity contribution is 5.89. The molecule has 3 nitrogen and oxygen atoms in total. The average molecular weight is 190 g/mol. The summed E-state index contributed by atoms with van der Waals surface area (Å²) >= 11 is 0. The number of ether oxygens (including phenoxy) is 1. The third-order valence-electron chi connectivity index (χ3n) is 1.70. The lowest BCUT2D eigenvalue weighted by Crippen LogP contribution is -2.00. The summed E-state index contributed by atoms with van der Waals surface area (Å²) in [7, 11) is 1.34. The third-order valence-corrected chi connectivity index (χ3v) is 1.70. The molecule has 0 radical (unpaired) electrons. The molecule has 0 spiro atoms. The van der Waals surface area contributed by atoms with E-state index in [9.17, 15) is 9.59 Å². The van der Waals surface area contributed by atoms with Crippen molar-refractivity contribution in [3.63, 3.8) is 0 Å². The van der Waals surface area contributed by atoms with E-state index in [2.05, 4.69) is 4.74 Å². The fraction of sp³-hybridized carbons (Fsp3) is 0.0909. The molecule has 0 fully saturated rings. The molecule has 0 bridgehead atoms. The minimum absolute atomic E-state index is 0.365. The lowest BCUT2D eigenvalue weighted by atomic mass is 10.1. The normalized spacial score (nSPS) is 10.1. The predicted molar refractivity (Wildman–Crippen MR) is 52.9 cm³/mol. The van der Waals surface area contributed by atoms with Crippen LogP contribution in [0.25, 0.3) is 6.08 Å². The molecule has 0 heterocycles. The van der Waals surface area contributed by atoms with Gasteiger partial charge in [0, 0.05) is 0 Å². The molecular weight excluding hydrogens is 180 g/mol. The van der Waals surface area contributed by atoms with Crippen LogP contribution in [0.2, 0.25) is 0 Å². The van der Waals surface area contributed by atoms with Crippen LogP contribution in [0.4, 0.5) is 0 Å². The Balaban J connectivity index is 2.83. The average Bonchev–Trinajstić information content (AvgIpc) is 2.26. The Morgan fingerprint density at radius 3 is 2.43 bits per heavy atom. The van der Waals surface area contributed by atoms with Gasteiger partial charge in [-0.3, -0.25) is 4.79 Å². The Labute approximate surface area is 82.0 Å². The fourth-order valence-electron chi connectivity index (χ4n) is 0.999. The molecule has 0 amide bonds. The molecule has 3 heteroatoms. The molecule has 1 rings (SSSR count). The molecule has 0 aromatic heterocycles. The smallest absolute Gasteiger partial charge is 0.337 e. The van der Waals surface area contributed by atoms with E-state index in [4.69, 9.17) is 0 Å². The van der Waals surface area contributed by atoms with Crippen LogP contribution in [0, 0.1) is 0 Å². The first-order valence-corrected chi connectivity index (χ1v) is 4.08. The van der Waals surface area contributed by atoms with Crippen molar-refractivity contribution in [2.45, 2.75) is 0 Å². The molecule has 72 valence electrons. The van der Waals surface area contributed by atoms with Crippen LogP contribution in [0.5, 0.6) is 0 Å². The molecule has 1 aromatic rings. The van der Waals surface area contributed by atoms with E-state index in [1.807, 2.05) is 0 Å². The number of allylic oxidation sites excluding steroid dienone is 1. The summed E-state index contributed by atoms with van der Waals surface area (Å²) < 4.78 is 4.54. The Hall–Kier alpha value is -1.90. The van der Waals surface area contributed by atoms with Gasteiger partial charge in [-0.05, 0) is 23.8 Å².